The quantitative estimate of drug-likeness (QED) is 0.492. The first kappa shape index (κ1) is 18.6. The van der Waals surface area contributed by atoms with Crippen molar-refractivity contribution in [3.05, 3.63) is 58.2 Å². The van der Waals surface area contributed by atoms with Crippen molar-refractivity contribution in [2.24, 2.45) is 4.99 Å². The van der Waals surface area contributed by atoms with Gasteiger partial charge in [-0.2, -0.15) is 13.7 Å². The molecule has 0 radical (unpaired) electrons. The van der Waals surface area contributed by atoms with Gasteiger partial charge >= 0.3 is 0 Å². The fourth-order valence-electron chi connectivity index (χ4n) is 3.25. The number of hydrogen-bond donors (Lipinski definition) is 1. The summed E-state index contributed by atoms with van der Waals surface area (Å²) in [6, 6.07) is 11.6. The molecule has 6 nitrogen and oxygen atoms in total. The highest BCUT2D eigenvalue weighted by Crippen LogP contribution is 2.39. The van der Waals surface area contributed by atoms with Crippen molar-refractivity contribution in [2.75, 3.05) is 0 Å². The van der Waals surface area contributed by atoms with Gasteiger partial charge < -0.3 is 4.42 Å². The number of aliphatic imine (C=N–C) groups is 1. The molecule has 0 saturated heterocycles. The summed E-state index contributed by atoms with van der Waals surface area (Å²) >= 11 is 1.57. The Balaban J connectivity index is 1.57. The molecule has 1 N–H and O–H groups in total. The number of hydrogen-bond acceptors (Lipinski definition) is 6. The number of furan rings is 1. The molecule has 2 heterocycles. The highest BCUT2D eigenvalue weighted by Gasteiger charge is 2.20. The number of fused-ring (bicyclic) bond motifs is 1. The van der Waals surface area contributed by atoms with Gasteiger partial charge in [0, 0.05) is 10.4 Å². The Morgan fingerprint density at radius 1 is 1.14 bits per heavy atom. The van der Waals surface area contributed by atoms with Crippen LogP contribution in [0.5, 0.6) is 0 Å². The maximum absolute atomic E-state index is 11.1. The SMILES string of the molecule is N#Cc1c(N=Cc2ccc(-c3ccc(S(=O)(=O)O)cc3)o2)sc2c1CCCC2. The van der Waals surface area contributed by atoms with E-state index < -0.39 is 10.1 Å². The summed E-state index contributed by atoms with van der Waals surface area (Å²) in [6.45, 7) is 0. The molecule has 0 saturated carbocycles. The van der Waals surface area contributed by atoms with E-state index in [-0.39, 0.29) is 4.90 Å². The minimum Gasteiger partial charge on any atom is -0.455 e. The van der Waals surface area contributed by atoms with Gasteiger partial charge in [0.1, 0.15) is 22.6 Å². The monoisotopic (exact) mass is 412 g/mol. The first-order valence-electron chi connectivity index (χ1n) is 8.72. The largest absolute Gasteiger partial charge is 0.455 e. The van der Waals surface area contributed by atoms with Crippen molar-refractivity contribution in [1.82, 2.24) is 0 Å². The van der Waals surface area contributed by atoms with Crippen molar-refractivity contribution in [2.45, 2.75) is 30.6 Å². The Kier molecular flexibility index (Phi) is 4.89. The lowest BCUT2D eigenvalue weighted by atomic mass is 9.96. The predicted molar refractivity (Wildman–Crippen MR) is 107 cm³/mol. The molecule has 28 heavy (non-hydrogen) atoms. The lowest BCUT2D eigenvalue weighted by Crippen LogP contribution is -1.99. The summed E-state index contributed by atoms with van der Waals surface area (Å²) < 4.78 is 37.0. The predicted octanol–water partition coefficient (Wildman–Crippen LogP) is 4.76. The maximum Gasteiger partial charge on any atom is 0.294 e. The number of benzene rings is 1. The van der Waals surface area contributed by atoms with Crippen LogP contribution in [0.4, 0.5) is 5.00 Å². The summed E-state index contributed by atoms with van der Waals surface area (Å²) in [6.07, 6.45) is 5.80. The van der Waals surface area contributed by atoms with Gasteiger partial charge in [-0.3, -0.25) is 4.55 Å². The van der Waals surface area contributed by atoms with E-state index in [1.54, 1.807) is 41.8 Å². The van der Waals surface area contributed by atoms with E-state index in [1.807, 2.05) is 0 Å². The number of nitriles is 1. The normalized spacial score (nSPS) is 14.1. The lowest BCUT2D eigenvalue weighted by Gasteiger charge is -2.09. The topological polar surface area (TPSA) is 104 Å². The third-order valence-corrected chi connectivity index (χ3v) is 6.70. The molecule has 142 valence electrons. The third-order valence-electron chi connectivity index (χ3n) is 4.64. The standard InChI is InChI=1S/C20H16N2O4S2/c21-11-17-16-3-1-2-4-19(16)27-20(17)22-12-14-7-10-18(26-14)13-5-8-15(9-6-13)28(23,24)25/h5-10,12H,1-4H2,(H,23,24,25). The highest BCUT2D eigenvalue weighted by atomic mass is 32.2. The van der Waals surface area contributed by atoms with Crippen LogP contribution in [-0.4, -0.2) is 19.2 Å². The molecule has 0 spiro atoms. The molecule has 2 aromatic heterocycles. The minimum absolute atomic E-state index is 0.171. The average Bonchev–Trinajstić information content (AvgIpc) is 3.30. The molecule has 1 aliphatic rings. The Morgan fingerprint density at radius 2 is 1.89 bits per heavy atom. The molecule has 0 amide bonds. The zero-order valence-electron chi connectivity index (χ0n) is 14.8. The van der Waals surface area contributed by atoms with Crippen molar-refractivity contribution < 1.29 is 17.4 Å². The lowest BCUT2D eigenvalue weighted by molar-refractivity contribution is 0.483. The molecule has 0 unspecified atom stereocenters. The molecule has 1 aromatic carbocycles. The fourth-order valence-corrected chi connectivity index (χ4v) is 4.91. The van der Waals surface area contributed by atoms with Crippen LogP contribution in [0.15, 0.2) is 50.7 Å². The van der Waals surface area contributed by atoms with E-state index in [0.29, 0.717) is 27.6 Å². The van der Waals surface area contributed by atoms with Gasteiger partial charge in [0.25, 0.3) is 10.1 Å². The molecule has 0 atom stereocenters. The molecule has 1 aliphatic carbocycles. The second-order valence-corrected chi connectivity index (χ2v) is 8.97. The van der Waals surface area contributed by atoms with Crippen LogP contribution in [0.1, 0.15) is 34.6 Å². The molecule has 0 bridgehead atoms. The number of thiophene rings is 1. The summed E-state index contributed by atoms with van der Waals surface area (Å²) in [5.74, 6) is 1.08. The second-order valence-electron chi connectivity index (χ2n) is 6.46. The van der Waals surface area contributed by atoms with Crippen molar-refractivity contribution in [1.29, 1.82) is 5.26 Å². The van der Waals surface area contributed by atoms with Gasteiger partial charge in [0.15, 0.2) is 0 Å². The zero-order chi connectivity index (χ0) is 19.7. The average molecular weight is 412 g/mol. The van der Waals surface area contributed by atoms with Gasteiger partial charge in [-0.25, -0.2) is 4.99 Å². The van der Waals surface area contributed by atoms with Crippen LogP contribution < -0.4 is 0 Å². The molecule has 4 rings (SSSR count). The summed E-state index contributed by atoms with van der Waals surface area (Å²) in [7, 11) is -4.22. The molecule has 0 fully saturated rings. The van der Waals surface area contributed by atoms with Gasteiger partial charge in [0.2, 0.25) is 0 Å². The number of aryl methyl sites for hydroxylation is 1. The van der Waals surface area contributed by atoms with Crippen LogP contribution in [0, 0.1) is 11.3 Å². The smallest absolute Gasteiger partial charge is 0.294 e. The van der Waals surface area contributed by atoms with Crippen molar-refractivity contribution in [3.63, 3.8) is 0 Å². The van der Waals surface area contributed by atoms with E-state index in [2.05, 4.69) is 11.1 Å². The van der Waals surface area contributed by atoms with Crippen LogP contribution in [0.25, 0.3) is 11.3 Å². The number of nitrogens with zero attached hydrogens (tertiary/aromatic N) is 2. The Bertz CT molecular complexity index is 1200. The van der Waals surface area contributed by atoms with Crippen LogP contribution in [-0.2, 0) is 23.0 Å². The molecule has 0 aliphatic heterocycles. The maximum atomic E-state index is 11.1. The molecular weight excluding hydrogens is 396 g/mol. The highest BCUT2D eigenvalue weighted by molar-refractivity contribution is 7.85. The van der Waals surface area contributed by atoms with E-state index >= 15 is 0 Å². The minimum atomic E-state index is -4.22. The summed E-state index contributed by atoms with van der Waals surface area (Å²) in [4.78, 5) is 5.56. The summed E-state index contributed by atoms with van der Waals surface area (Å²) in [5.41, 5.74) is 2.49. The van der Waals surface area contributed by atoms with Crippen molar-refractivity contribution in [3.8, 4) is 17.4 Å². The van der Waals surface area contributed by atoms with Gasteiger partial charge in [0.05, 0.1) is 16.7 Å². The van der Waals surface area contributed by atoms with E-state index in [1.165, 1.54) is 17.0 Å². The van der Waals surface area contributed by atoms with Gasteiger partial charge in [-0.05, 0) is 67.6 Å². The van der Waals surface area contributed by atoms with E-state index in [4.69, 9.17) is 8.97 Å². The fraction of sp³-hybridized carbons (Fsp3) is 0.200. The Morgan fingerprint density at radius 3 is 2.61 bits per heavy atom. The van der Waals surface area contributed by atoms with E-state index in [9.17, 15) is 13.7 Å². The Hall–Kier alpha value is -2.73. The first-order chi connectivity index (χ1) is 13.5. The van der Waals surface area contributed by atoms with Gasteiger partial charge in [-0.1, -0.05) is 0 Å². The summed E-state index contributed by atoms with van der Waals surface area (Å²) in [5, 5.41) is 10.2. The van der Waals surface area contributed by atoms with Gasteiger partial charge in [-0.15, -0.1) is 11.3 Å². The first-order valence-corrected chi connectivity index (χ1v) is 11.0. The zero-order valence-corrected chi connectivity index (χ0v) is 16.4. The Labute approximate surface area is 166 Å². The van der Waals surface area contributed by atoms with E-state index in [0.717, 1.165) is 31.2 Å². The van der Waals surface area contributed by atoms with Crippen LogP contribution in [0.2, 0.25) is 0 Å². The third kappa shape index (κ3) is 3.64. The molecule has 8 heteroatoms. The molecule has 3 aromatic rings. The van der Waals surface area contributed by atoms with Crippen LogP contribution in [0.3, 0.4) is 0 Å². The number of rotatable bonds is 4. The van der Waals surface area contributed by atoms with Crippen molar-refractivity contribution >= 4 is 32.7 Å². The van der Waals surface area contributed by atoms with Crippen LogP contribution >= 0.6 is 11.3 Å². The second kappa shape index (κ2) is 7.36. The molecular formula is C20H16N2O4S2.